The number of carbonyl (C=O) groups is 2. The quantitative estimate of drug-likeness (QED) is 0.528. The van der Waals surface area contributed by atoms with Crippen LogP contribution >= 0.6 is 0 Å². The largest absolute Gasteiger partial charge is 0.496 e. The Morgan fingerprint density at radius 1 is 1.00 bits per heavy atom. The van der Waals surface area contributed by atoms with E-state index in [-0.39, 0.29) is 24.8 Å². The van der Waals surface area contributed by atoms with Gasteiger partial charge in [0, 0.05) is 17.0 Å². The Kier molecular flexibility index (Phi) is 8.74. The molecule has 0 fully saturated rings. The average Bonchev–Trinajstić information content (AvgIpc) is 2.87. The number of aryl methyl sites for hydroxylation is 1. The zero-order chi connectivity index (χ0) is 27.6. The maximum absolute atomic E-state index is 13.9. The third-order valence-electron chi connectivity index (χ3n) is 7.45. The van der Waals surface area contributed by atoms with Gasteiger partial charge in [0.1, 0.15) is 11.5 Å². The van der Waals surface area contributed by atoms with Crippen LogP contribution < -0.4 is 18.9 Å². The minimum absolute atomic E-state index is 0.0481. The summed E-state index contributed by atoms with van der Waals surface area (Å²) < 4.78 is 22.5. The molecule has 8 nitrogen and oxygen atoms in total. The van der Waals surface area contributed by atoms with Crippen LogP contribution in [0.2, 0.25) is 0 Å². The average molecular weight is 514 g/mol. The third-order valence-corrected chi connectivity index (χ3v) is 7.45. The van der Waals surface area contributed by atoms with E-state index in [4.69, 9.17) is 18.9 Å². The summed E-state index contributed by atoms with van der Waals surface area (Å²) in [5, 5.41) is 10.1. The smallest absolute Gasteiger partial charge is 0.226 e. The fraction of sp³-hybridized carbons (Fsp3) is 0.517. The van der Waals surface area contributed by atoms with Crippen molar-refractivity contribution in [1.29, 1.82) is 0 Å². The van der Waals surface area contributed by atoms with E-state index in [0.717, 1.165) is 28.0 Å². The maximum Gasteiger partial charge on any atom is 0.226 e. The van der Waals surface area contributed by atoms with Crippen molar-refractivity contribution in [3.05, 3.63) is 45.0 Å². The molecule has 1 aliphatic rings. The summed E-state index contributed by atoms with van der Waals surface area (Å²) in [6.07, 6.45) is 0.999. The highest BCUT2D eigenvalue weighted by Gasteiger charge is 2.42. The standard InChI is InChI=1S/C29H39NO7/c1-10-21-23-24(26(35-7)18(5)27(36-8)28(23)37-9)22(32)13-30(21)29(33)16(3)12-19-11-15(2)25(34-6)17(4)20(19)14-31/h11,16,21,31H,10,12-14H2,1-9H3. The fourth-order valence-electron chi connectivity index (χ4n) is 5.78. The lowest BCUT2D eigenvalue weighted by molar-refractivity contribution is -0.137. The second kappa shape index (κ2) is 11.4. The van der Waals surface area contributed by atoms with Crippen molar-refractivity contribution in [3.63, 3.8) is 0 Å². The van der Waals surface area contributed by atoms with E-state index >= 15 is 0 Å². The summed E-state index contributed by atoms with van der Waals surface area (Å²) in [5.74, 6) is 1.36. The van der Waals surface area contributed by atoms with E-state index in [1.165, 1.54) is 14.2 Å². The number of methoxy groups -OCH3 is 4. The zero-order valence-electron chi connectivity index (χ0n) is 23.4. The molecule has 0 saturated carbocycles. The predicted molar refractivity (Wildman–Crippen MR) is 141 cm³/mol. The Balaban J connectivity index is 2.06. The molecule has 202 valence electrons. The number of aliphatic hydroxyl groups excluding tert-OH is 1. The lowest BCUT2D eigenvalue weighted by atomic mass is 9.85. The molecule has 1 aliphatic heterocycles. The van der Waals surface area contributed by atoms with Gasteiger partial charge in [0.2, 0.25) is 5.91 Å². The first-order valence-corrected chi connectivity index (χ1v) is 12.5. The van der Waals surface area contributed by atoms with Crippen molar-refractivity contribution in [2.45, 2.75) is 60.1 Å². The number of carbonyl (C=O) groups excluding carboxylic acids is 2. The molecule has 0 radical (unpaired) electrons. The molecule has 0 spiro atoms. The third kappa shape index (κ3) is 4.75. The van der Waals surface area contributed by atoms with E-state index in [9.17, 15) is 14.7 Å². The number of hydrogen-bond donors (Lipinski definition) is 1. The molecule has 2 aromatic rings. The molecular weight excluding hydrogens is 474 g/mol. The van der Waals surface area contributed by atoms with Crippen LogP contribution in [0.1, 0.15) is 70.0 Å². The van der Waals surface area contributed by atoms with Gasteiger partial charge in [0.15, 0.2) is 17.3 Å². The number of amides is 1. The molecule has 2 aromatic carbocycles. The van der Waals surface area contributed by atoms with Gasteiger partial charge < -0.3 is 29.0 Å². The number of nitrogens with zero attached hydrogens (tertiary/aromatic N) is 1. The van der Waals surface area contributed by atoms with Crippen molar-refractivity contribution >= 4 is 11.7 Å². The van der Waals surface area contributed by atoms with E-state index in [2.05, 4.69) is 0 Å². The normalized spacial score (nSPS) is 15.8. The van der Waals surface area contributed by atoms with Gasteiger partial charge in [-0.15, -0.1) is 0 Å². The van der Waals surface area contributed by atoms with Crippen molar-refractivity contribution in [2.24, 2.45) is 5.92 Å². The first-order valence-electron chi connectivity index (χ1n) is 12.5. The number of rotatable bonds is 9. The van der Waals surface area contributed by atoms with Crippen LogP contribution in [0.3, 0.4) is 0 Å². The highest BCUT2D eigenvalue weighted by molar-refractivity contribution is 6.06. The summed E-state index contributed by atoms with van der Waals surface area (Å²) in [4.78, 5) is 29.0. The van der Waals surface area contributed by atoms with E-state index in [1.54, 1.807) is 19.1 Å². The van der Waals surface area contributed by atoms with Gasteiger partial charge in [-0.05, 0) is 55.9 Å². The molecule has 1 heterocycles. The van der Waals surface area contributed by atoms with Crippen LogP contribution in [0.15, 0.2) is 6.07 Å². The summed E-state index contributed by atoms with van der Waals surface area (Å²) in [6.45, 7) is 9.33. The van der Waals surface area contributed by atoms with E-state index < -0.39 is 12.0 Å². The number of aliphatic hydroxyl groups is 1. The molecule has 0 bridgehead atoms. The van der Waals surface area contributed by atoms with Gasteiger partial charge in [-0.2, -0.15) is 0 Å². The zero-order valence-corrected chi connectivity index (χ0v) is 23.4. The summed E-state index contributed by atoms with van der Waals surface area (Å²) in [6, 6.07) is 1.58. The summed E-state index contributed by atoms with van der Waals surface area (Å²) in [7, 11) is 6.22. The monoisotopic (exact) mass is 513 g/mol. The predicted octanol–water partition coefficient (Wildman–Crippen LogP) is 4.49. The van der Waals surface area contributed by atoms with Gasteiger partial charge in [0.25, 0.3) is 0 Å². The number of ketones is 1. The number of Topliss-reactive ketones (excluding diaryl/α,β-unsaturated/α-hetero) is 1. The topological polar surface area (TPSA) is 94.5 Å². The highest BCUT2D eigenvalue weighted by atomic mass is 16.5. The lowest BCUT2D eigenvalue weighted by Crippen LogP contribution is -2.46. The molecular formula is C29H39NO7. The van der Waals surface area contributed by atoms with Gasteiger partial charge >= 0.3 is 0 Å². The molecule has 2 unspecified atom stereocenters. The van der Waals surface area contributed by atoms with Crippen molar-refractivity contribution in [2.75, 3.05) is 35.0 Å². The maximum atomic E-state index is 13.9. The van der Waals surface area contributed by atoms with Crippen LogP contribution in [0.25, 0.3) is 0 Å². The van der Waals surface area contributed by atoms with Gasteiger partial charge in [-0.3, -0.25) is 9.59 Å². The molecule has 0 saturated heterocycles. The van der Waals surface area contributed by atoms with Gasteiger partial charge in [0.05, 0.1) is 53.2 Å². The second-order valence-electron chi connectivity index (χ2n) is 9.58. The van der Waals surface area contributed by atoms with Gasteiger partial charge in [-0.25, -0.2) is 0 Å². The number of hydrogen-bond acceptors (Lipinski definition) is 7. The minimum atomic E-state index is -0.430. The van der Waals surface area contributed by atoms with E-state index in [1.807, 2.05) is 40.7 Å². The minimum Gasteiger partial charge on any atom is -0.496 e. The number of fused-ring (bicyclic) bond motifs is 1. The molecule has 0 aliphatic carbocycles. The van der Waals surface area contributed by atoms with Crippen molar-refractivity contribution in [3.8, 4) is 23.0 Å². The van der Waals surface area contributed by atoms with Crippen LogP contribution in [-0.2, 0) is 17.8 Å². The molecule has 37 heavy (non-hydrogen) atoms. The SMILES string of the molecule is CCC1c2c(OC)c(OC)c(C)c(OC)c2C(=O)CN1C(=O)C(C)Cc1cc(C)c(OC)c(C)c1CO. The van der Waals surface area contributed by atoms with Crippen LogP contribution in [0.4, 0.5) is 0 Å². The first kappa shape index (κ1) is 28.3. The van der Waals surface area contributed by atoms with Crippen LogP contribution in [0.5, 0.6) is 23.0 Å². The Morgan fingerprint density at radius 3 is 2.11 bits per heavy atom. The molecule has 1 N–H and O–H groups in total. The lowest BCUT2D eigenvalue weighted by Gasteiger charge is -2.39. The van der Waals surface area contributed by atoms with Crippen molar-refractivity contribution in [1.82, 2.24) is 4.90 Å². The molecule has 8 heteroatoms. The molecule has 0 aromatic heterocycles. The molecule has 1 amide bonds. The fourth-order valence-corrected chi connectivity index (χ4v) is 5.78. The molecule has 2 atom stereocenters. The van der Waals surface area contributed by atoms with E-state index in [0.29, 0.717) is 46.8 Å². The number of ether oxygens (including phenoxy) is 4. The first-order chi connectivity index (χ1) is 17.6. The Labute approximate surface area is 219 Å². The van der Waals surface area contributed by atoms with Gasteiger partial charge in [-0.1, -0.05) is 19.9 Å². The highest BCUT2D eigenvalue weighted by Crippen LogP contribution is 2.50. The summed E-state index contributed by atoms with van der Waals surface area (Å²) >= 11 is 0. The Bertz CT molecular complexity index is 1200. The Hall–Kier alpha value is -3.26. The summed E-state index contributed by atoms with van der Waals surface area (Å²) in [5.41, 5.74) is 5.22. The van der Waals surface area contributed by atoms with Crippen molar-refractivity contribution < 1.29 is 33.6 Å². The van der Waals surface area contributed by atoms with Crippen LogP contribution in [0, 0.1) is 26.7 Å². The number of benzene rings is 2. The molecule has 3 rings (SSSR count). The second-order valence-corrected chi connectivity index (χ2v) is 9.58. The Morgan fingerprint density at radius 2 is 1.59 bits per heavy atom. The van der Waals surface area contributed by atoms with Crippen LogP contribution in [-0.4, -0.2) is 56.7 Å².